The molecule has 1 aliphatic rings. The lowest BCUT2D eigenvalue weighted by atomic mass is 10.1. The van der Waals surface area contributed by atoms with E-state index in [1.165, 1.54) is 11.3 Å². The molecule has 4 heteroatoms. The molecule has 1 aromatic rings. The fourth-order valence-electron chi connectivity index (χ4n) is 2.54. The molecule has 1 atom stereocenters. The summed E-state index contributed by atoms with van der Waals surface area (Å²) in [6, 6.07) is 7.21. The van der Waals surface area contributed by atoms with E-state index in [0.29, 0.717) is 6.04 Å². The summed E-state index contributed by atoms with van der Waals surface area (Å²) in [5, 5.41) is 0. The number of hydrogen-bond acceptors (Lipinski definition) is 3. The summed E-state index contributed by atoms with van der Waals surface area (Å²) >= 11 is 3.68. The predicted molar refractivity (Wildman–Crippen MR) is 85.7 cm³/mol. The molecule has 0 saturated carbocycles. The Kier molecular flexibility index (Phi) is 4.87. The van der Waals surface area contributed by atoms with Gasteiger partial charge in [0.15, 0.2) is 0 Å². The van der Waals surface area contributed by atoms with Crippen molar-refractivity contribution in [2.45, 2.75) is 32.9 Å². The number of halogens is 1. The van der Waals surface area contributed by atoms with Crippen molar-refractivity contribution in [1.29, 1.82) is 0 Å². The van der Waals surface area contributed by atoms with Crippen LogP contribution >= 0.6 is 15.9 Å². The Morgan fingerprint density at radius 3 is 2.21 bits per heavy atom. The van der Waals surface area contributed by atoms with Crippen LogP contribution in [0.1, 0.15) is 32.4 Å². The second-order valence-corrected chi connectivity index (χ2v) is 6.47. The Morgan fingerprint density at radius 1 is 1.11 bits per heavy atom. The van der Waals surface area contributed by atoms with Gasteiger partial charge in [-0.05, 0) is 54.4 Å². The van der Waals surface area contributed by atoms with Crippen LogP contribution in [0.5, 0.6) is 0 Å². The topological polar surface area (TPSA) is 32.5 Å². The first-order valence-corrected chi connectivity index (χ1v) is 7.82. The predicted octanol–water partition coefficient (Wildman–Crippen LogP) is 3.00. The summed E-state index contributed by atoms with van der Waals surface area (Å²) < 4.78 is 1.15. The zero-order valence-electron chi connectivity index (χ0n) is 12.1. The number of rotatable bonds is 3. The number of nitrogens with zero attached hydrogens (tertiary/aromatic N) is 2. The van der Waals surface area contributed by atoms with Gasteiger partial charge in [0.25, 0.3) is 0 Å². The summed E-state index contributed by atoms with van der Waals surface area (Å²) in [5.41, 5.74) is 8.38. The molecule has 1 fully saturated rings. The van der Waals surface area contributed by atoms with Crippen molar-refractivity contribution in [3.05, 3.63) is 28.2 Å². The summed E-state index contributed by atoms with van der Waals surface area (Å²) in [5.74, 6) is 0. The van der Waals surface area contributed by atoms with E-state index < -0.39 is 0 Å². The average Bonchev–Trinajstić information content (AvgIpc) is 2.38. The highest BCUT2D eigenvalue weighted by molar-refractivity contribution is 9.10. The summed E-state index contributed by atoms with van der Waals surface area (Å²) in [6.07, 6.45) is 0. The maximum Gasteiger partial charge on any atom is 0.0511 e. The standard InChI is InChI=1S/C15H24BrN3/c1-11(2)18-6-8-19(9-7-18)15-5-4-13(12(3)17)10-14(15)16/h4-5,10-12H,6-9,17H2,1-3H3/t12-/m0/s1. The van der Waals surface area contributed by atoms with Gasteiger partial charge in [0, 0.05) is 42.7 Å². The van der Waals surface area contributed by atoms with E-state index in [0.717, 1.165) is 30.7 Å². The van der Waals surface area contributed by atoms with E-state index in [2.05, 4.69) is 57.8 Å². The highest BCUT2D eigenvalue weighted by Crippen LogP contribution is 2.29. The van der Waals surface area contributed by atoms with Crippen molar-refractivity contribution in [1.82, 2.24) is 4.90 Å². The first-order chi connectivity index (χ1) is 8.99. The van der Waals surface area contributed by atoms with Crippen LogP contribution in [0.3, 0.4) is 0 Å². The fourth-order valence-corrected chi connectivity index (χ4v) is 3.19. The van der Waals surface area contributed by atoms with Gasteiger partial charge in [-0.2, -0.15) is 0 Å². The molecule has 1 heterocycles. The number of nitrogens with two attached hydrogens (primary N) is 1. The Morgan fingerprint density at radius 2 is 1.74 bits per heavy atom. The molecular weight excluding hydrogens is 302 g/mol. The van der Waals surface area contributed by atoms with Gasteiger partial charge in [-0.25, -0.2) is 0 Å². The maximum atomic E-state index is 5.92. The van der Waals surface area contributed by atoms with Crippen LogP contribution < -0.4 is 10.6 Å². The minimum atomic E-state index is 0.0862. The van der Waals surface area contributed by atoms with Crippen LogP contribution in [0, 0.1) is 0 Å². The Hall–Kier alpha value is -0.580. The number of benzene rings is 1. The van der Waals surface area contributed by atoms with Gasteiger partial charge in [-0.1, -0.05) is 6.07 Å². The molecule has 0 radical (unpaired) electrons. The van der Waals surface area contributed by atoms with Gasteiger partial charge >= 0.3 is 0 Å². The number of anilines is 1. The molecule has 3 nitrogen and oxygen atoms in total. The van der Waals surface area contributed by atoms with Crippen LogP contribution in [-0.4, -0.2) is 37.1 Å². The monoisotopic (exact) mass is 325 g/mol. The first kappa shape index (κ1) is 14.8. The van der Waals surface area contributed by atoms with Crippen LogP contribution in [0.15, 0.2) is 22.7 Å². The zero-order valence-corrected chi connectivity index (χ0v) is 13.7. The van der Waals surface area contributed by atoms with Crippen molar-refractivity contribution in [2.75, 3.05) is 31.1 Å². The lowest BCUT2D eigenvalue weighted by molar-refractivity contribution is 0.209. The van der Waals surface area contributed by atoms with Crippen LogP contribution in [-0.2, 0) is 0 Å². The first-order valence-electron chi connectivity index (χ1n) is 7.03. The van der Waals surface area contributed by atoms with Gasteiger partial charge in [-0.3, -0.25) is 4.90 Å². The van der Waals surface area contributed by atoms with Crippen molar-refractivity contribution in [3.8, 4) is 0 Å². The molecular formula is C15H24BrN3. The lowest BCUT2D eigenvalue weighted by Gasteiger charge is -2.38. The third-order valence-corrected chi connectivity index (χ3v) is 4.52. The van der Waals surface area contributed by atoms with Gasteiger partial charge in [-0.15, -0.1) is 0 Å². The van der Waals surface area contributed by atoms with Crippen LogP contribution in [0.25, 0.3) is 0 Å². The summed E-state index contributed by atoms with van der Waals surface area (Å²) in [6.45, 7) is 11.0. The molecule has 2 N–H and O–H groups in total. The third kappa shape index (κ3) is 3.50. The largest absolute Gasteiger partial charge is 0.368 e. The highest BCUT2D eigenvalue weighted by atomic mass is 79.9. The number of hydrogen-bond donors (Lipinski definition) is 1. The van der Waals surface area contributed by atoms with Gasteiger partial charge in [0.1, 0.15) is 0 Å². The summed E-state index contributed by atoms with van der Waals surface area (Å²) in [7, 11) is 0. The normalized spacial score (nSPS) is 18.9. The second-order valence-electron chi connectivity index (χ2n) is 5.62. The Labute approximate surface area is 124 Å². The molecule has 0 unspecified atom stereocenters. The molecule has 1 aromatic carbocycles. The minimum Gasteiger partial charge on any atom is -0.368 e. The molecule has 106 valence electrons. The van der Waals surface area contributed by atoms with Crippen LogP contribution in [0.2, 0.25) is 0 Å². The van der Waals surface area contributed by atoms with Crippen molar-refractivity contribution < 1.29 is 0 Å². The molecule has 1 saturated heterocycles. The molecule has 0 aliphatic carbocycles. The van der Waals surface area contributed by atoms with Crippen molar-refractivity contribution >= 4 is 21.6 Å². The quantitative estimate of drug-likeness (QED) is 0.927. The van der Waals surface area contributed by atoms with Crippen molar-refractivity contribution in [3.63, 3.8) is 0 Å². The SMILES string of the molecule is CC(C)N1CCN(c2ccc([C@H](C)N)cc2Br)CC1. The molecule has 2 rings (SSSR count). The lowest BCUT2D eigenvalue weighted by Crippen LogP contribution is -2.49. The Bertz CT molecular complexity index is 423. The van der Waals surface area contributed by atoms with E-state index in [4.69, 9.17) is 5.73 Å². The average molecular weight is 326 g/mol. The molecule has 1 aliphatic heterocycles. The highest BCUT2D eigenvalue weighted by Gasteiger charge is 2.20. The van der Waals surface area contributed by atoms with E-state index in [1.54, 1.807) is 0 Å². The van der Waals surface area contributed by atoms with Crippen molar-refractivity contribution in [2.24, 2.45) is 5.73 Å². The minimum absolute atomic E-state index is 0.0862. The molecule has 0 spiro atoms. The van der Waals surface area contributed by atoms with Gasteiger partial charge < -0.3 is 10.6 Å². The maximum absolute atomic E-state index is 5.92. The zero-order chi connectivity index (χ0) is 14.0. The third-order valence-electron chi connectivity index (χ3n) is 3.88. The van der Waals surface area contributed by atoms with E-state index in [1.807, 2.05) is 6.92 Å². The number of piperazine rings is 1. The van der Waals surface area contributed by atoms with Gasteiger partial charge in [0.2, 0.25) is 0 Å². The van der Waals surface area contributed by atoms with Crippen LogP contribution in [0.4, 0.5) is 5.69 Å². The van der Waals surface area contributed by atoms with Gasteiger partial charge in [0.05, 0.1) is 5.69 Å². The summed E-state index contributed by atoms with van der Waals surface area (Å²) in [4.78, 5) is 4.98. The van der Waals surface area contributed by atoms with E-state index in [9.17, 15) is 0 Å². The molecule has 0 amide bonds. The van der Waals surface area contributed by atoms with E-state index in [-0.39, 0.29) is 6.04 Å². The molecule has 0 aromatic heterocycles. The smallest absolute Gasteiger partial charge is 0.0511 e. The Balaban J connectivity index is 2.07. The fraction of sp³-hybridized carbons (Fsp3) is 0.600. The van der Waals surface area contributed by atoms with E-state index >= 15 is 0 Å². The second kappa shape index (κ2) is 6.25. The molecule has 0 bridgehead atoms. The molecule has 19 heavy (non-hydrogen) atoms.